The molecule has 0 bridgehead atoms. The van der Waals surface area contributed by atoms with Crippen LogP contribution in [0.1, 0.15) is 23.3 Å². The molecule has 2 N–H and O–H groups in total. The molecule has 23 heavy (non-hydrogen) atoms. The molecule has 5 nitrogen and oxygen atoms in total. The van der Waals surface area contributed by atoms with Crippen molar-refractivity contribution in [3.8, 4) is 5.75 Å². The molecule has 0 spiro atoms. The van der Waals surface area contributed by atoms with Gasteiger partial charge in [-0.3, -0.25) is 4.98 Å². The molecular formula is C17H19N3O2S. The van der Waals surface area contributed by atoms with E-state index in [1.807, 2.05) is 47.4 Å². The van der Waals surface area contributed by atoms with E-state index in [1.54, 1.807) is 13.3 Å². The van der Waals surface area contributed by atoms with Gasteiger partial charge in [-0.25, -0.2) is 0 Å². The molecule has 1 aromatic heterocycles. The van der Waals surface area contributed by atoms with Gasteiger partial charge in [-0.1, -0.05) is 18.2 Å². The smallest absolute Gasteiger partial charge is 0.170 e. The van der Waals surface area contributed by atoms with Gasteiger partial charge in [0.25, 0.3) is 0 Å². The number of ether oxygens (including phenoxy) is 1. The number of rotatable bonds is 5. The van der Waals surface area contributed by atoms with Crippen molar-refractivity contribution in [2.45, 2.75) is 12.1 Å². The SMILES string of the molecule is COc1ccc([C@H]2[C@H](c3ccccn3)NC(=S)N2CCO)cc1. The van der Waals surface area contributed by atoms with E-state index in [1.165, 1.54) is 0 Å². The Hall–Kier alpha value is -2.18. The van der Waals surface area contributed by atoms with Gasteiger partial charge in [0.1, 0.15) is 5.75 Å². The number of aliphatic hydroxyl groups excluding tert-OH is 1. The third-order valence-corrected chi connectivity index (χ3v) is 4.35. The minimum atomic E-state index is -0.0522. The number of methoxy groups -OCH3 is 1. The molecule has 1 aromatic carbocycles. The largest absolute Gasteiger partial charge is 0.497 e. The maximum absolute atomic E-state index is 9.38. The van der Waals surface area contributed by atoms with E-state index >= 15 is 0 Å². The summed E-state index contributed by atoms with van der Waals surface area (Å²) >= 11 is 5.46. The van der Waals surface area contributed by atoms with E-state index in [0.29, 0.717) is 11.7 Å². The first-order valence-corrected chi connectivity index (χ1v) is 7.88. The first-order chi connectivity index (χ1) is 11.2. The fraction of sp³-hybridized carbons (Fsp3) is 0.294. The molecule has 1 fully saturated rings. The number of hydrogen-bond donors (Lipinski definition) is 2. The number of aromatic nitrogens is 1. The number of pyridine rings is 1. The monoisotopic (exact) mass is 329 g/mol. The Kier molecular flexibility index (Phi) is 4.73. The summed E-state index contributed by atoms with van der Waals surface area (Å²) in [4.78, 5) is 6.47. The maximum Gasteiger partial charge on any atom is 0.170 e. The molecule has 0 aliphatic carbocycles. The molecule has 2 aromatic rings. The first kappa shape index (κ1) is 15.7. The van der Waals surface area contributed by atoms with Gasteiger partial charge in [0, 0.05) is 12.7 Å². The molecule has 120 valence electrons. The second kappa shape index (κ2) is 6.93. The van der Waals surface area contributed by atoms with Gasteiger partial charge in [-0.05, 0) is 42.0 Å². The summed E-state index contributed by atoms with van der Waals surface area (Å²) < 4.78 is 5.23. The summed E-state index contributed by atoms with van der Waals surface area (Å²) in [6, 6.07) is 13.7. The number of thiocarbonyl (C=S) groups is 1. The number of nitrogens with one attached hydrogen (secondary N) is 1. The number of nitrogens with zero attached hydrogens (tertiary/aromatic N) is 2. The second-order valence-electron chi connectivity index (χ2n) is 5.32. The second-order valence-corrected chi connectivity index (χ2v) is 5.70. The molecule has 0 unspecified atom stereocenters. The zero-order valence-corrected chi connectivity index (χ0v) is 13.7. The summed E-state index contributed by atoms with van der Waals surface area (Å²) in [5.74, 6) is 0.811. The Balaban J connectivity index is 1.99. The van der Waals surface area contributed by atoms with E-state index < -0.39 is 0 Å². The zero-order valence-electron chi connectivity index (χ0n) is 12.8. The van der Waals surface area contributed by atoms with Crippen molar-refractivity contribution in [1.29, 1.82) is 0 Å². The van der Waals surface area contributed by atoms with Crippen molar-refractivity contribution in [2.24, 2.45) is 0 Å². The summed E-state index contributed by atoms with van der Waals surface area (Å²) in [6.07, 6.45) is 1.78. The molecule has 3 rings (SSSR count). The van der Waals surface area contributed by atoms with Crippen LogP contribution >= 0.6 is 12.2 Å². The van der Waals surface area contributed by atoms with E-state index in [2.05, 4.69) is 10.3 Å². The van der Waals surface area contributed by atoms with Crippen LogP contribution in [0.5, 0.6) is 5.75 Å². The van der Waals surface area contributed by atoms with E-state index in [0.717, 1.165) is 17.0 Å². The average molecular weight is 329 g/mol. The van der Waals surface area contributed by atoms with Crippen LogP contribution in [0.2, 0.25) is 0 Å². The highest BCUT2D eigenvalue weighted by Gasteiger charge is 2.39. The van der Waals surface area contributed by atoms with Crippen molar-refractivity contribution in [3.05, 3.63) is 59.9 Å². The van der Waals surface area contributed by atoms with Gasteiger partial charge >= 0.3 is 0 Å². The number of aliphatic hydroxyl groups is 1. The standard InChI is InChI=1S/C17H19N3O2S/c1-22-13-7-5-12(6-8-13)16-15(14-4-2-3-9-18-14)19-17(23)20(16)10-11-21/h2-9,15-16,21H,10-11H2,1H3,(H,19,23)/t15-,16-/m0/s1. The van der Waals surface area contributed by atoms with Crippen LogP contribution in [0.4, 0.5) is 0 Å². The Morgan fingerprint density at radius 3 is 2.65 bits per heavy atom. The van der Waals surface area contributed by atoms with Crippen molar-refractivity contribution in [1.82, 2.24) is 15.2 Å². The minimum Gasteiger partial charge on any atom is -0.497 e. The van der Waals surface area contributed by atoms with Crippen molar-refractivity contribution < 1.29 is 9.84 Å². The highest BCUT2D eigenvalue weighted by atomic mass is 32.1. The summed E-state index contributed by atoms with van der Waals surface area (Å²) in [5.41, 5.74) is 2.03. The van der Waals surface area contributed by atoms with Gasteiger partial charge in [0.2, 0.25) is 0 Å². The van der Waals surface area contributed by atoms with Gasteiger partial charge < -0.3 is 20.1 Å². The lowest BCUT2D eigenvalue weighted by Crippen LogP contribution is -2.32. The number of hydrogen-bond acceptors (Lipinski definition) is 4. The Morgan fingerprint density at radius 1 is 1.26 bits per heavy atom. The van der Waals surface area contributed by atoms with E-state index in [4.69, 9.17) is 17.0 Å². The summed E-state index contributed by atoms with van der Waals surface area (Å²) in [6.45, 7) is 0.523. The van der Waals surface area contributed by atoms with Crippen molar-refractivity contribution >= 4 is 17.3 Å². The fourth-order valence-electron chi connectivity index (χ4n) is 2.92. The number of benzene rings is 1. The predicted octanol–water partition coefficient (Wildman–Crippen LogP) is 2.05. The lowest BCUT2D eigenvalue weighted by molar-refractivity contribution is 0.223. The van der Waals surface area contributed by atoms with Gasteiger partial charge in [-0.15, -0.1) is 0 Å². The lowest BCUT2D eigenvalue weighted by Gasteiger charge is -2.27. The molecular weight excluding hydrogens is 310 g/mol. The Bertz CT molecular complexity index is 663. The van der Waals surface area contributed by atoms with Crippen LogP contribution in [-0.2, 0) is 0 Å². The van der Waals surface area contributed by atoms with Crippen molar-refractivity contribution in [2.75, 3.05) is 20.3 Å². The quantitative estimate of drug-likeness (QED) is 0.819. The molecule has 0 saturated carbocycles. The van der Waals surface area contributed by atoms with Crippen molar-refractivity contribution in [3.63, 3.8) is 0 Å². The summed E-state index contributed by atoms with van der Waals surface area (Å²) in [5, 5.41) is 13.4. The van der Waals surface area contributed by atoms with Gasteiger partial charge in [0.15, 0.2) is 5.11 Å². The molecule has 0 radical (unpaired) electrons. The molecule has 2 heterocycles. The van der Waals surface area contributed by atoms with E-state index in [-0.39, 0.29) is 18.7 Å². The number of β-amino-alcohol motifs (C(OH)–C–C–N with tert-alkyl or cyclic N) is 1. The molecule has 0 amide bonds. The fourth-order valence-corrected chi connectivity index (χ4v) is 3.25. The topological polar surface area (TPSA) is 57.6 Å². The van der Waals surface area contributed by atoms with Crippen LogP contribution in [0.25, 0.3) is 0 Å². The highest BCUT2D eigenvalue weighted by molar-refractivity contribution is 7.80. The van der Waals surface area contributed by atoms with Crippen LogP contribution in [-0.4, -0.2) is 40.4 Å². The average Bonchev–Trinajstić information content (AvgIpc) is 2.93. The maximum atomic E-state index is 9.38. The Morgan fingerprint density at radius 2 is 2.04 bits per heavy atom. The molecule has 1 aliphatic heterocycles. The predicted molar refractivity (Wildman–Crippen MR) is 92.2 cm³/mol. The third-order valence-electron chi connectivity index (χ3n) is 4.00. The minimum absolute atomic E-state index is 0.0181. The lowest BCUT2D eigenvalue weighted by atomic mass is 9.97. The van der Waals surface area contributed by atoms with Crippen LogP contribution in [0.15, 0.2) is 48.7 Å². The highest BCUT2D eigenvalue weighted by Crippen LogP contribution is 2.38. The van der Waals surface area contributed by atoms with Crippen LogP contribution in [0.3, 0.4) is 0 Å². The van der Waals surface area contributed by atoms with Gasteiger partial charge in [-0.2, -0.15) is 0 Å². The molecule has 6 heteroatoms. The molecule has 1 aliphatic rings. The van der Waals surface area contributed by atoms with Gasteiger partial charge in [0.05, 0.1) is 31.5 Å². The third kappa shape index (κ3) is 3.13. The van der Waals surface area contributed by atoms with E-state index in [9.17, 15) is 5.11 Å². The van der Waals surface area contributed by atoms with Crippen LogP contribution < -0.4 is 10.1 Å². The zero-order chi connectivity index (χ0) is 16.2. The first-order valence-electron chi connectivity index (χ1n) is 7.47. The molecule has 1 saturated heterocycles. The molecule has 2 atom stereocenters. The normalized spacial score (nSPS) is 20.4. The summed E-state index contributed by atoms with van der Waals surface area (Å²) in [7, 11) is 1.65. The van der Waals surface area contributed by atoms with Crippen LogP contribution in [0, 0.1) is 0 Å². The Labute approximate surface area is 140 Å².